The summed E-state index contributed by atoms with van der Waals surface area (Å²) in [5, 5.41) is 2.49. The van der Waals surface area contributed by atoms with E-state index in [0.29, 0.717) is 61.0 Å². The smallest absolute Gasteiger partial charge is 0.428 e. The Morgan fingerprint density at radius 1 is 1.02 bits per heavy atom. The van der Waals surface area contributed by atoms with E-state index in [1.807, 2.05) is 34.6 Å². The van der Waals surface area contributed by atoms with Crippen LogP contribution in [0.15, 0.2) is 23.0 Å². The van der Waals surface area contributed by atoms with Gasteiger partial charge >= 0.3 is 18.2 Å². The maximum atomic E-state index is 14.9. The van der Waals surface area contributed by atoms with Crippen molar-refractivity contribution in [2.45, 2.75) is 170 Å². The molecule has 2 amide bonds. The predicted molar refractivity (Wildman–Crippen MR) is 213 cm³/mol. The number of likely N-dealkylation sites (tertiary alicyclic amines) is 1. The van der Waals surface area contributed by atoms with Crippen LogP contribution in [-0.4, -0.2) is 76.0 Å². The van der Waals surface area contributed by atoms with Gasteiger partial charge in [0.25, 0.3) is 5.56 Å². The van der Waals surface area contributed by atoms with Crippen molar-refractivity contribution in [3.05, 3.63) is 34.2 Å². The van der Waals surface area contributed by atoms with Crippen LogP contribution in [0, 0.1) is 17.3 Å². The number of hydrogen-bond acceptors (Lipinski definition) is 8. The molecule has 56 heavy (non-hydrogen) atoms. The number of amides is 2. The number of unbranched alkanes of at least 4 members (excludes halogenated alkanes) is 2. The highest BCUT2D eigenvalue weighted by atomic mass is 19.4. The summed E-state index contributed by atoms with van der Waals surface area (Å²) in [6, 6.07) is 3.03. The zero-order chi connectivity index (χ0) is 42.6. The van der Waals surface area contributed by atoms with E-state index in [-0.39, 0.29) is 43.7 Å². The summed E-state index contributed by atoms with van der Waals surface area (Å²) in [5.41, 5.74) is -3.24. The van der Waals surface area contributed by atoms with Gasteiger partial charge in [0, 0.05) is 18.5 Å². The zero-order valence-corrected chi connectivity index (χ0v) is 35.7. The first-order valence-electron chi connectivity index (χ1n) is 20.4. The van der Waals surface area contributed by atoms with Crippen LogP contribution in [0.4, 0.5) is 18.0 Å². The average Bonchev–Trinajstić information content (AvgIpc) is 3.75. The first kappa shape index (κ1) is 48.3. The molecule has 1 aliphatic carbocycles. The molecule has 4 unspecified atom stereocenters. The quantitative estimate of drug-likeness (QED) is 0.160. The van der Waals surface area contributed by atoms with Gasteiger partial charge in [-0.25, -0.2) is 14.6 Å². The molecule has 2 fully saturated rings. The molecule has 2 aliphatic rings. The maximum Gasteiger partial charge on any atom is 0.428 e. The molecule has 1 aromatic heterocycles. The zero-order valence-electron chi connectivity index (χ0n) is 35.7. The van der Waals surface area contributed by atoms with Crippen molar-refractivity contribution in [3.8, 4) is 5.75 Å². The lowest BCUT2D eigenvalue weighted by molar-refractivity contribution is -0.271. The fourth-order valence-electron chi connectivity index (χ4n) is 7.59. The second-order valence-corrected chi connectivity index (χ2v) is 16.3. The maximum absolute atomic E-state index is 14.9. The van der Waals surface area contributed by atoms with Gasteiger partial charge in [0.1, 0.15) is 29.1 Å². The third-order valence-electron chi connectivity index (χ3n) is 10.3. The highest BCUT2D eigenvalue weighted by molar-refractivity contribution is 5.91. The fourth-order valence-corrected chi connectivity index (χ4v) is 7.59. The van der Waals surface area contributed by atoms with E-state index in [2.05, 4.69) is 15.3 Å². The van der Waals surface area contributed by atoms with Crippen molar-refractivity contribution >= 4 is 29.0 Å². The van der Waals surface area contributed by atoms with E-state index < -0.39 is 58.8 Å². The molecule has 14 heteroatoms. The van der Waals surface area contributed by atoms with Gasteiger partial charge in [0.05, 0.1) is 18.1 Å². The minimum Gasteiger partial charge on any atom is -0.497 e. The molecule has 1 saturated heterocycles. The van der Waals surface area contributed by atoms with Gasteiger partial charge < -0.3 is 29.4 Å². The van der Waals surface area contributed by atoms with E-state index in [0.717, 1.165) is 0 Å². The number of benzene rings is 1. The Labute approximate surface area is 331 Å². The molecular formula is C42H67F3N4O7. The van der Waals surface area contributed by atoms with Crippen LogP contribution in [0.1, 0.15) is 140 Å². The SMILES string of the molecule is CC.CC.CCC1CCN(C(=O)[C@@H](NC(=O)OC2(C(F)(F)F)CCCC2CCCCCc2nc3ccc(OC)cc3[nH]c2=O)C(C)(C)C)C1C(=O)OC(C)(C)C. The number of fused-ring (bicyclic) bond motifs is 1. The third kappa shape index (κ3) is 12.1. The summed E-state index contributed by atoms with van der Waals surface area (Å²) < 4.78 is 60.9. The van der Waals surface area contributed by atoms with Crippen LogP contribution >= 0.6 is 0 Å². The number of aromatic nitrogens is 2. The molecule has 1 aromatic carbocycles. The Kier molecular flexibility index (Phi) is 17.7. The number of methoxy groups -OCH3 is 1. The Morgan fingerprint density at radius 3 is 2.25 bits per heavy atom. The normalized spacial score (nSPS) is 21.6. The van der Waals surface area contributed by atoms with Crippen molar-refractivity contribution in [2.75, 3.05) is 13.7 Å². The van der Waals surface area contributed by atoms with Gasteiger partial charge in [0.15, 0.2) is 0 Å². The number of ether oxygens (including phenoxy) is 3. The Balaban J connectivity index is 0.00000262. The average molecular weight is 797 g/mol. The molecule has 1 saturated carbocycles. The van der Waals surface area contributed by atoms with E-state index >= 15 is 0 Å². The molecule has 2 aromatic rings. The minimum absolute atomic E-state index is 0.159. The van der Waals surface area contributed by atoms with Crippen molar-refractivity contribution in [3.63, 3.8) is 0 Å². The van der Waals surface area contributed by atoms with Crippen LogP contribution in [0.5, 0.6) is 5.75 Å². The number of alkyl carbamates (subject to hydrolysis) is 1. The summed E-state index contributed by atoms with van der Waals surface area (Å²) in [5.74, 6) is -1.66. The number of alkyl halides is 3. The molecule has 0 radical (unpaired) electrons. The van der Waals surface area contributed by atoms with Crippen LogP contribution in [-0.2, 0) is 25.5 Å². The number of rotatable bonds is 12. The third-order valence-corrected chi connectivity index (χ3v) is 10.3. The molecule has 0 spiro atoms. The van der Waals surface area contributed by atoms with E-state index in [4.69, 9.17) is 14.2 Å². The van der Waals surface area contributed by atoms with E-state index in [9.17, 15) is 32.3 Å². The summed E-state index contributed by atoms with van der Waals surface area (Å²) in [7, 11) is 1.53. The lowest BCUT2D eigenvalue weighted by atomic mass is 9.85. The Bertz CT molecular complexity index is 1650. The summed E-state index contributed by atoms with van der Waals surface area (Å²) in [4.78, 5) is 62.0. The van der Waals surface area contributed by atoms with Crippen LogP contribution in [0.3, 0.4) is 0 Å². The van der Waals surface area contributed by atoms with Gasteiger partial charge in [-0.15, -0.1) is 0 Å². The largest absolute Gasteiger partial charge is 0.497 e. The van der Waals surface area contributed by atoms with Gasteiger partial charge in [-0.2, -0.15) is 13.2 Å². The number of carbonyl (C=O) groups excluding carboxylic acids is 3. The first-order valence-corrected chi connectivity index (χ1v) is 20.4. The van der Waals surface area contributed by atoms with Crippen molar-refractivity contribution in [1.29, 1.82) is 0 Å². The molecule has 2 N–H and O–H groups in total. The van der Waals surface area contributed by atoms with E-state index in [1.54, 1.807) is 59.7 Å². The van der Waals surface area contributed by atoms with Gasteiger partial charge in [0.2, 0.25) is 11.5 Å². The molecule has 2 heterocycles. The number of halogens is 3. The molecule has 11 nitrogen and oxygen atoms in total. The lowest BCUT2D eigenvalue weighted by Gasteiger charge is -2.39. The Hall–Kier alpha value is -3.84. The number of nitrogens with one attached hydrogen (secondary N) is 2. The first-order chi connectivity index (χ1) is 26.2. The minimum atomic E-state index is -4.84. The Morgan fingerprint density at radius 2 is 1.68 bits per heavy atom. The molecular weight excluding hydrogens is 729 g/mol. The molecule has 0 bridgehead atoms. The second-order valence-electron chi connectivity index (χ2n) is 16.3. The van der Waals surface area contributed by atoms with E-state index in [1.165, 1.54) is 12.0 Å². The number of esters is 1. The predicted octanol–water partition coefficient (Wildman–Crippen LogP) is 9.30. The molecule has 4 rings (SSSR count). The van der Waals surface area contributed by atoms with Gasteiger partial charge in [-0.3, -0.25) is 9.59 Å². The monoisotopic (exact) mass is 796 g/mol. The fraction of sp³-hybridized carbons (Fsp3) is 0.738. The van der Waals surface area contributed by atoms with Crippen molar-refractivity contribution in [1.82, 2.24) is 20.2 Å². The van der Waals surface area contributed by atoms with Crippen LogP contribution < -0.4 is 15.6 Å². The van der Waals surface area contributed by atoms with Crippen molar-refractivity contribution in [2.24, 2.45) is 17.3 Å². The molecule has 5 atom stereocenters. The number of hydrogen-bond donors (Lipinski definition) is 2. The van der Waals surface area contributed by atoms with Gasteiger partial charge in [-0.1, -0.05) is 74.7 Å². The number of aryl methyl sites for hydroxylation is 1. The van der Waals surface area contributed by atoms with Crippen LogP contribution in [0.2, 0.25) is 0 Å². The highest BCUT2D eigenvalue weighted by Crippen LogP contribution is 2.51. The summed E-state index contributed by atoms with van der Waals surface area (Å²) in [6.45, 7) is 20.5. The summed E-state index contributed by atoms with van der Waals surface area (Å²) in [6.07, 6.45) is -2.88. The lowest BCUT2D eigenvalue weighted by Crippen LogP contribution is -2.60. The second kappa shape index (κ2) is 20.5. The van der Waals surface area contributed by atoms with Gasteiger partial charge in [-0.05, 0) is 89.2 Å². The highest BCUT2D eigenvalue weighted by Gasteiger charge is 2.64. The number of nitrogens with zero attached hydrogens (tertiary/aromatic N) is 2. The topological polar surface area (TPSA) is 140 Å². The molecule has 318 valence electrons. The van der Waals surface area contributed by atoms with Crippen LogP contribution in [0.25, 0.3) is 11.0 Å². The summed E-state index contributed by atoms with van der Waals surface area (Å²) >= 11 is 0. The number of aromatic amines is 1. The number of H-pyrrole nitrogens is 1. The molecule has 1 aliphatic heterocycles. The van der Waals surface area contributed by atoms with Crippen molar-refractivity contribution < 1.29 is 41.8 Å². The number of carbonyl (C=O) groups is 3. The standard InChI is InChI=1S/C38H55F3N4O7.2C2H6/c1-9-23-19-21-45(29(23)33(48)51-36(5,6)7)32(47)30(35(2,3)4)44-34(49)52-37(38(39,40)41)20-13-15-24(37)14-11-10-12-16-27-31(46)43-28-22-25(50-8)17-18-26(28)42-27;2*1-2/h17-18,22-24,29-30H,9-16,19-21H2,1-8H3,(H,43,46)(H,44,49);2*1-2H3/t23?,24?,29?,30-,37?;;/m1../s1.